The topological polar surface area (TPSA) is 70.1 Å². The minimum atomic E-state index is -0.181. The van der Waals surface area contributed by atoms with Gasteiger partial charge in [-0.25, -0.2) is 9.97 Å². The Kier molecular flexibility index (Phi) is 4.90. The predicted molar refractivity (Wildman–Crippen MR) is 80.8 cm³/mol. The second-order valence-corrected chi connectivity index (χ2v) is 4.52. The maximum Gasteiger partial charge on any atom is 0.134 e. The van der Waals surface area contributed by atoms with Gasteiger partial charge in [0.1, 0.15) is 18.0 Å². The molecule has 1 heterocycles. The molecule has 5 nitrogen and oxygen atoms in total. The van der Waals surface area contributed by atoms with Crippen molar-refractivity contribution >= 4 is 11.6 Å². The third kappa shape index (κ3) is 3.24. The number of aromatic nitrogens is 2. The Hall–Kier alpha value is -2.14. The lowest BCUT2D eigenvalue weighted by atomic mass is 10.1. The number of benzene rings is 1. The summed E-state index contributed by atoms with van der Waals surface area (Å²) in [6.45, 7) is 4.79. The molecule has 3 N–H and O–H groups in total. The largest absolute Gasteiger partial charge is 0.394 e. The smallest absolute Gasteiger partial charge is 0.134 e. The fourth-order valence-corrected chi connectivity index (χ4v) is 2.03. The van der Waals surface area contributed by atoms with Gasteiger partial charge in [0.05, 0.1) is 12.6 Å². The number of hydrogen-bond acceptors (Lipinski definition) is 5. The Bertz CT molecular complexity index is 545. The Morgan fingerprint density at radius 2 is 1.85 bits per heavy atom. The highest BCUT2D eigenvalue weighted by Crippen LogP contribution is 2.23. The van der Waals surface area contributed by atoms with Crippen LogP contribution in [0.3, 0.4) is 0 Å². The SMILES string of the molecule is CCNc1ncnc(NC(CO)c2ccccc2)c1C. The maximum atomic E-state index is 9.58. The molecular weight excluding hydrogens is 252 g/mol. The van der Waals surface area contributed by atoms with Crippen LogP contribution in [0.5, 0.6) is 0 Å². The van der Waals surface area contributed by atoms with E-state index in [1.165, 1.54) is 6.33 Å². The molecule has 1 aromatic heterocycles. The van der Waals surface area contributed by atoms with Crippen molar-refractivity contribution in [3.05, 3.63) is 47.8 Å². The molecule has 0 bridgehead atoms. The van der Waals surface area contributed by atoms with Crippen LogP contribution in [0.1, 0.15) is 24.1 Å². The molecule has 0 fully saturated rings. The summed E-state index contributed by atoms with van der Waals surface area (Å²) in [6, 6.07) is 9.65. The molecule has 5 heteroatoms. The van der Waals surface area contributed by atoms with Crippen molar-refractivity contribution in [1.82, 2.24) is 9.97 Å². The van der Waals surface area contributed by atoms with Crippen molar-refractivity contribution in [3.63, 3.8) is 0 Å². The summed E-state index contributed by atoms with van der Waals surface area (Å²) in [5.74, 6) is 1.55. The van der Waals surface area contributed by atoms with E-state index in [-0.39, 0.29) is 12.6 Å². The van der Waals surface area contributed by atoms with Crippen LogP contribution in [-0.2, 0) is 0 Å². The quantitative estimate of drug-likeness (QED) is 0.753. The maximum absolute atomic E-state index is 9.58. The number of nitrogens with one attached hydrogen (secondary N) is 2. The minimum absolute atomic E-state index is 0.00396. The Morgan fingerprint density at radius 1 is 1.15 bits per heavy atom. The van der Waals surface area contributed by atoms with E-state index in [4.69, 9.17) is 0 Å². The second-order valence-electron chi connectivity index (χ2n) is 4.52. The van der Waals surface area contributed by atoms with Crippen LogP contribution < -0.4 is 10.6 Å². The highest BCUT2D eigenvalue weighted by Gasteiger charge is 2.13. The van der Waals surface area contributed by atoms with Crippen LogP contribution in [0.2, 0.25) is 0 Å². The number of aliphatic hydroxyl groups is 1. The van der Waals surface area contributed by atoms with Gasteiger partial charge in [-0.3, -0.25) is 0 Å². The third-order valence-corrected chi connectivity index (χ3v) is 3.12. The van der Waals surface area contributed by atoms with E-state index in [1.54, 1.807) is 0 Å². The summed E-state index contributed by atoms with van der Waals surface area (Å²) in [4.78, 5) is 8.47. The average Bonchev–Trinajstić information content (AvgIpc) is 2.49. The molecular formula is C15H20N4O. The number of nitrogens with zero attached hydrogens (tertiary/aromatic N) is 2. The van der Waals surface area contributed by atoms with Crippen LogP contribution in [0, 0.1) is 6.92 Å². The van der Waals surface area contributed by atoms with Crippen molar-refractivity contribution in [2.45, 2.75) is 19.9 Å². The van der Waals surface area contributed by atoms with E-state index < -0.39 is 0 Å². The van der Waals surface area contributed by atoms with Crippen LogP contribution in [0.4, 0.5) is 11.6 Å². The van der Waals surface area contributed by atoms with Gasteiger partial charge in [0.2, 0.25) is 0 Å². The van der Waals surface area contributed by atoms with Gasteiger partial charge in [-0.1, -0.05) is 30.3 Å². The number of anilines is 2. The fourth-order valence-electron chi connectivity index (χ4n) is 2.03. The number of hydrogen-bond donors (Lipinski definition) is 3. The first-order valence-corrected chi connectivity index (χ1v) is 6.74. The van der Waals surface area contributed by atoms with Gasteiger partial charge in [0.15, 0.2) is 0 Å². The van der Waals surface area contributed by atoms with Crippen LogP contribution in [0.25, 0.3) is 0 Å². The molecule has 0 amide bonds. The molecule has 1 atom stereocenters. The zero-order valence-corrected chi connectivity index (χ0v) is 11.8. The van der Waals surface area contributed by atoms with Crippen molar-refractivity contribution in [3.8, 4) is 0 Å². The molecule has 2 rings (SSSR count). The molecule has 1 unspecified atom stereocenters. The van der Waals surface area contributed by atoms with Gasteiger partial charge < -0.3 is 15.7 Å². The fraction of sp³-hybridized carbons (Fsp3) is 0.333. The number of aliphatic hydroxyl groups excluding tert-OH is 1. The molecule has 106 valence electrons. The van der Waals surface area contributed by atoms with Gasteiger partial charge in [-0.15, -0.1) is 0 Å². The van der Waals surface area contributed by atoms with Gasteiger partial charge in [0, 0.05) is 12.1 Å². The van der Waals surface area contributed by atoms with Gasteiger partial charge in [-0.2, -0.15) is 0 Å². The van der Waals surface area contributed by atoms with Crippen LogP contribution >= 0.6 is 0 Å². The highest BCUT2D eigenvalue weighted by atomic mass is 16.3. The lowest BCUT2D eigenvalue weighted by Crippen LogP contribution is -2.17. The normalized spacial score (nSPS) is 11.9. The van der Waals surface area contributed by atoms with Gasteiger partial charge in [-0.05, 0) is 19.4 Å². The summed E-state index contributed by atoms with van der Waals surface area (Å²) in [6.07, 6.45) is 1.52. The molecule has 0 radical (unpaired) electrons. The molecule has 1 aromatic carbocycles. The van der Waals surface area contributed by atoms with E-state index in [1.807, 2.05) is 44.2 Å². The summed E-state index contributed by atoms with van der Waals surface area (Å²) in [5, 5.41) is 16.0. The zero-order valence-electron chi connectivity index (χ0n) is 11.8. The van der Waals surface area contributed by atoms with Crippen LogP contribution in [0.15, 0.2) is 36.7 Å². The molecule has 0 aliphatic carbocycles. The van der Waals surface area contributed by atoms with E-state index >= 15 is 0 Å². The molecule has 0 spiro atoms. The molecule has 0 aliphatic rings. The minimum Gasteiger partial charge on any atom is -0.394 e. The Balaban J connectivity index is 2.22. The summed E-state index contributed by atoms with van der Waals surface area (Å²) in [5.41, 5.74) is 1.97. The second kappa shape index (κ2) is 6.86. The van der Waals surface area contributed by atoms with E-state index in [0.717, 1.165) is 29.3 Å². The first kappa shape index (κ1) is 14.3. The zero-order chi connectivity index (χ0) is 14.4. The van der Waals surface area contributed by atoms with E-state index in [9.17, 15) is 5.11 Å². The Morgan fingerprint density at radius 3 is 2.50 bits per heavy atom. The van der Waals surface area contributed by atoms with Crippen molar-refractivity contribution in [2.75, 3.05) is 23.8 Å². The molecule has 20 heavy (non-hydrogen) atoms. The van der Waals surface area contributed by atoms with Crippen molar-refractivity contribution in [1.29, 1.82) is 0 Å². The molecule has 0 saturated carbocycles. The van der Waals surface area contributed by atoms with Gasteiger partial charge >= 0.3 is 0 Å². The van der Waals surface area contributed by atoms with Crippen LogP contribution in [-0.4, -0.2) is 28.2 Å². The van der Waals surface area contributed by atoms with E-state index in [2.05, 4.69) is 20.6 Å². The standard InChI is InChI=1S/C15H20N4O/c1-3-16-14-11(2)15(18-10-17-14)19-13(9-20)12-7-5-4-6-8-12/h4-8,10,13,20H,3,9H2,1-2H3,(H2,16,17,18,19). The summed E-state index contributed by atoms with van der Waals surface area (Å²) >= 11 is 0. The van der Waals surface area contributed by atoms with Crippen molar-refractivity contribution in [2.24, 2.45) is 0 Å². The summed E-state index contributed by atoms with van der Waals surface area (Å²) in [7, 11) is 0. The Labute approximate surface area is 119 Å². The van der Waals surface area contributed by atoms with Crippen molar-refractivity contribution < 1.29 is 5.11 Å². The summed E-state index contributed by atoms with van der Waals surface area (Å²) < 4.78 is 0. The molecule has 0 saturated heterocycles. The lowest BCUT2D eigenvalue weighted by molar-refractivity contribution is 0.276. The van der Waals surface area contributed by atoms with Gasteiger partial charge in [0.25, 0.3) is 0 Å². The number of rotatable bonds is 6. The first-order chi connectivity index (χ1) is 9.76. The average molecular weight is 272 g/mol. The molecule has 0 aliphatic heterocycles. The third-order valence-electron chi connectivity index (χ3n) is 3.12. The lowest BCUT2D eigenvalue weighted by Gasteiger charge is -2.19. The monoisotopic (exact) mass is 272 g/mol. The molecule has 2 aromatic rings. The predicted octanol–water partition coefficient (Wildman–Crippen LogP) is 2.36. The van der Waals surface area contributed by atoms with E-state index in [0.29, 0.717) is 0 Å². The highest BCUT2D eigenvalue weighted by molar-refractivity contribution is 5.57. The first-order valence-electron chi connectivity index (χ1n) is 6.74.